The molecule has 2 aromatic carbocycles. The summed E-state index contributed by atoms with van der Waals surface area (Å²) in [5.74, 6) is 0.427. The Bertz CT molecular complexity index is 734. The molecule has 0 aliphatic carbocycles. The smallest absolute Gasteiger partial charge is 0.257 e. The largest absolute Gasteiger partial charge is 0.490 e. The van der Waals surface area contributed by atoms with E-state index in [1.807, 2.05) is 49.4 Å². The van der Waals surface area contributed by atoms with Crippen LogP contribution in [0.4, 0.5) is 0 Å². The number of carbonyl (C=O) groups is 1. The van der Waals surface area contributed by atoms with Crippen molar-refractivity contribution < 1.29 is 19.4 Å². The van der Waals surface area contributed by atoms with Crippen LogP contribution < -0.4 is 4.74 Å². The van der Waals surface area contributed by atoms with Gasteiger partial charge in [0.2, 0.25) is 0 Å². The summed E-state index contributed by atoms with van der Waals surface area (Å²) in [5, 5.41) is 11.0. The van der Waals surface area contributed by atoms with Crippen LogP contribution in [0.3, 0.4) is 0 Å². The van der Waals surface area contributed by atoms with E-state index < -0.39 is 5.60 Å². The fourth-order valence-corrected chi connectivity index (χ4v) is 3.25. The average molecular weight is 355 g/mol. The predicted molar refractivity (Wildman–Crippen MR) is 99.3 cm³/mol. The Morgan fingerprint density at radius 2 is 1.85 bits per heavy atom. The first-order valence-electron chi connectivity index (χ1n) is 9.01. The van der Waals surface area contributed by atoms with Crippen molar-refractivity contribution >= 4 is 5.91 Å². The summed E-state index contributed by atoms with van der Waals surface area (Å²) >= 11 is 0. The SMILES string of the molecule is CCOCCOc1ccccc1C(=O)N1CCC(O)(c2ccccc2)C1. The maximum Gasteiger partial charge on any atom is 0.257 e. The molecule has 5 heteroatoms. The molecule has 5 nitrogen and oxygen atoms in total. The van der Waals surface area contributed by atoms with Crippen LogP contribution in [-0.4, -0.2) is 48.8 Å². The predicted octanol–water partition coefficient (Wildman–Crippen LogP) is 2.84. The third kappa shape index (κ3) is 4.06. The summed E-state index contributed by atoms with van der Waals surface area (Å²) in [6.07, 6.45) is 0.524. The van der Waals surface area contributed by atoms with E-state index in [-0.39, 0.29) is 12.5 Å². The number of hydrogen-bond donors (Lipinski definition) is 1. The van der Waals surface area contributed by atoms with Gasteiger partial charge in [0.25, 0.3) is 5.91 Å². The van der Waals surface area contributed by atoms with Gasteiger partial charge >= 0.3 is 0 Å². The van der Waals surface area contributed by atoms with Gasteiger partial charge < -0.3 is 19.5 Å². The van der Waals surface area contributed by atoms with Crippen molar-refractivity contribution in [2.24, 2.45) is 0 Å². The maximum atomic E-state index is 13.0. The second-order valence-electron chi connectivity index (χ2n) is 6.42. The molecule has 138 valence electrons. The van der Waals surface area contributed by atoms with Crippen LogP contribution in [0, 0.1) is 0 Å². The molecule has 1 fully saturated rings. The highest BCUT2D eigenvalue weighted by molar-refractivity contribution is 5.97. The zero-order valence-electron chi connectivity index (χ0n) is 15.1. The van der Waals surface area contributed by atoms with Crippen molar-refractivity contribution in [3.8, 4) is 5.75 Å². The third-order valence-corrected chi connectivity index (χ3v) is 4.65. The molecular formula is C21H25NO4. The first kappa shape index (κ1) is 18.4. The molecule has 1 heterocycles. The number of ether oxygens (including phenoxy) is 2. The van der Waals surface area contributed by atoms with Crippen molar-refractivity contribution in [1.29, 1.82) is 0 Å². The van der Waals surface area contributed by atoms with Gasteiger partial charge in [-0.25, -0.2) is 0 Å². The van der Waals surface area contributed by atoms with Gasteiger partial charge in [-0.2, -0.15) is 0 Å². The van der Waals surface area contributed by atoms with Gasteiger partial charge in [0.15, 0.2) is 0 Å². The van der Waals surface area contributed by atoms with E-state index in [1.54, 1.807) is 17.0 Å². The Morgan fingerprint density at radius 1 is 1.12 bits per heavy atom. The first-order chi connectivity index (χ1) is 12.6. The number of benzene rings is 2. The van der Waals surface area contributed by atoms with E-state index in [1.165, 1.54) is 0 Å². The Hall–Kier alpha value is -2.37. The Morgan fingerprint density at radius 3 is 2.62 bits per heavy atom. The lowest BCUT2D eigenvalue weighted by Crippen LogP contribution is -2.34. The van der Waals surface area contributed by atoms with Gasteiger partial charge in [-0.15, -0.1) is 0 Å². The number of hydrogen-bond acceptors (Lipinski definition) is 4. The lowest BCUT2D eigenvalue weighted by molar-refractivity contribution is 0.0415. The lowest BCUT2D eigenvalue weighted by Gasteiger charge is -2.24. The summed E-state index contributed by atoms with van der Waals surface area (Å²) < 4.78 is 11.0. The molecule has 1 aliphatic heterocycles. The number of aliphatic hydroxyl groups is 1. The molecule has 0 radical (unpaired) electrons. The quantitative estimate of drug-likeness (QED) is 0.776. The molecule has 0 bridgehead atoms. The molecule has 0 saturated carbocycles. The number of carbonyl (C=O) groups excluding carboxylic acids is 1. The number of β-amino-alcohol motifs (C(OH)–C–C–N with tert-alkyl or cyclic N) is 1. The van der Waals surface area contributed by atoms with E-state index in [2.05, 4.69) is 0 Å². The molecule has 1 N–H and O–H groups in total. The summed E-state index contributed by atoms with van der Waals surface area (Å²) in [4.78, 5) is 14.7. The van der Waals surface area contributed by atoms with E-state index in [9.17, 15) is 9.90 Å². The van der Waals surface area contributed by atoms with E-state index in [0.29, 0.717) is 44.1 Å². The van der Waals surface area contributed by atoms with Crippen LogP contribution in [0.15, 0.2) is 54.6 Å². The Kier molecular flexibility index (Phi) is 5.91. The van der Waals surface area contributed by atoms with Crippen molar-refractivity contribution in [1.82, 2.24) is 4.90 Å². The summed E-state index contributed by atoms with van der Waals surface area (Å²) in [5.41, 5.74) is 0.361. The molecule has 1 atom stereocenters. The molecular weight excluding hydrogens is 330 g/mol. The summed E-state index contributed by atoms with van der Waals surface area (Å²) in [7, 11) is 0. The molecule has 1 saturated heterocycles. The maximum absolute atomic E-state index is 13.0. The van der Waals surface area contributed by atoms with Crippen molar-refractivity contribution in [3.63, 3.8) is 0 Å². The van der Waals surface area contributed by atoms with Crippen LogP contribution in [-0.2, 0) is 10.3 Å². The molecule has 0 aromatic heterocycles. The summed E-state index contributed by atoms with van der Waals surface area (Å²) in [6.45, 7) is 4.23. The molecule has 1 unspecified atom stereocenters. The van der Waals surface area contributed by atoms with Crippen LogP contribution in [0.1, 0.15) is 29.3 Å². The van der Waals surface area contributed by atoms with E-state index >= 15 is 0 Å². The van der Waals surface area contributed by atoms with Gasteiger partial charge in [-0.05, 0) is 31.0 Å². The highest BCUT2D eigenvalue weighted by atomic mass is 16.5. The van der Waals surface area contributed by atoms with Crippen molar-refractivity contribution in [2.45, 2.75) is 18.9 Å². The highest BCUT2D eigenvalue weighted by Crippen LogP contribution is 2.33. The normalized spacial score (nSPS) is 19.5. The van der Waals surface area contributed by atoms with Gasteiger partial charge in [-0.3, -0.25) is 4.79 Å². The number of para-hydroxylation sites is 1. The van der Waals surface area contributed by atoms with Crippen molar-refractivity contribution in [3.05, 3.63) is 65.7 Å². The van der Waals surface area contributed by atoms with Gasteiger partial charge in [-0.1, -0.05) is 42.5 Å². The third-order valence-electron chi connectivity index (χ3n) is 4.65. The Labute approximate surface area is 154 Å². The van der Waals surface area contributed by atoms with Crippen LogP contribution >= 0.6 is 0 Å². The van der Waals surface area contributed by atoms with E-state index in [4.69, 9.17) is 9.47 Å². The van der Waals surface area contributed by atoms with Crippen LogP contribution in [0.5, 0.6) is 5.75 Å². The first-order valence-corrected chi connectivity index (χ1v) is 9.01. The topological polar surface area (TPSA) is 59.0 Å². The lowest BCUT2D eigenvalue weighted by atomic mass is 9.93. The molecule has 0 spiro atoms. The van der Waals surface area contributed by atoms with E-state index in [0.717, 1.165) is 5.56 Å². The molecule has 26 heavy (non-hydrogen) atoms. The van der Waals surface area contributed by atoms with Crippen LogP contribution in [0.2, 0.25) is 0 Å². The minimum Gasteiger partial charge on any atom is -0.490 e. The monoisotopic (exact) mass is 355 g/mol. The second-order valence-corrected chi connectivity index (χ2v) is 6.42. The van der Waals surface area contributed by atoms with Crippen LogP contribution in [0.25, 0.3) is 0 Å². The average Bonchev–Trinajstić information content (AvgIpc) is 3.09. The molecule has 1 aliphatic rings. The zero-order valence-corrected chi connectivity index (χ0v) is 15.1. The second kappa shape index (κ2) is 8.34. The fourth-order valence-electron chi connectivity index (χ4n) is 3.25. The minimum absolute atomic E-state index is 0.121. The summed E-state index contributed by atoms with van der Waals surface area (Å²) in [6, 6.07) is 16.7. The molecule has 2 aromatic rings. The Balaban J connectivity index is 1.70. The highest BCUT2D eigenvalue weighted by Gasteiger charge is 2.40. The van der Waals surface area contributed by atoms with Gasteiger partial charge in [0.1, 0.15) is 18.0 Å². The zero-order chi connectivity index (χ0) is 18.4. The van der Waals surface area contributed by atoms with Crippen molar-refractivity contribution in [2.75, 3.05) is 32.9 Å². The van der Waals surface area contributed by atoms with Gasteiger partial charge in [0.05, 0.1) is 18.7 Å². The minimum atomic E-state index is -0.998. The molecule has 3 rings (SSSR count). The number of amides is 1. The molecule has 1 amide bonds. The number of rotatable bonds is 7. The standard InChI is InChI=1S/C21H25NO4/c1-2-25-14-15-26-19-11-7-6-10-18(19)20(23)22-13-12-21(24,16-22)17-8-4-3-5-9-17/h3-11,24H,2,12-16H2,1H3. The number of likely N-dealkylation sites (tertiary alicyclic amines) is 1. The van der Waals surface area contributed by atoms with Gasteiger partial charge in [0, 0.05) is 13.2 Å². The number of nitrogens with zero attached hydrogens (tertiary/aromatic N) is 1. The fraction of sp³-hybridized carbons (Fsp3) is 0.381.